The summed E-state index contributed by atoms with van der Waals surface area (Å²) >= 11 is 0. The maximum atomic E-state index is 13.5. The number of nitrogens with two attached hydrogens (primary N) is 1. The molecule has 1 saturated carbocycles. The molecular formula is C33H43N3O6. The molecule has 2 aliphatic carbocycles. The molecule has 5 rings (SSSR count). The van der Waals surface area contributed by atoms with Gasteiger partial charge in [-0.2, -0.15) is 0 Å². The molecule has 2 heterocycles. The summed E-state index contributed by atoms with van der Waals surface area (Å²) in [6.07, 6.45) is 9.10. The molecule has 0 amide bonds. The van der Waals surface area contributed by atoms with E-state index in [1.807, 2.05) is 51.1 Å². The first-order chi connectivity index (χ1) is 20.1. The van der Waals surface area contributed by atoms with Crippen LogP contribution < -0.4 is 16.0 Å². The van der Waals surface area contributed by atoms with Gasteiger partial charge in [-0.1, -0.05) is 44.1 Å². The first-order valence-electron chi connectivity index (χ1n) is 14.9. The van der Waals surface area contributed by atoms with Gasteiger partial charge < -0.3 is 29.5 Å². The first-order valence-corrected chi connectivity index (χ1v) is 14.9. The maximum Gasteiger partial charge on any atom is 0.357 e. The van der Waals surface area contributed by atoms with Gasteiger partial charge in [0.05, 0.1) is 25.9 Å². The standard InChI is InChI=1S/C33H43N3O6/c1-6-26-16-24(22-11-13-27(34)14-12-22)15-21(2)33(26,40-20-28-19-39-32(3,4)41-28)36-42-31(37)25-17-29(23-9-7-8-10-23)35-30(18-25)38-5/h11-18,23,26,28,36H,6-10,19-20,34H2,1-5H3/t26-,28?,33?/m1/s1. The molecule has 1 aromatic heterocycles. The monoisotopic (exact) mass is 577 g/mol. The highest BCUT2D eigenvalue weighted by atomic mass is 16.8. The third-order valence-corrected chi connectivity index (χ3v) is 8.44. The number of pyridine rings is 1. The summed E-state index contributed by atoms with van der Waals surface area (Å²) in [7, 11) is 1.56. The molecule has 42 heavy (non-hydrogen) atoms. The van der Waals surface area contributed by atoms with Crippen LogP contribution in [0.25, 0.3) is 5.57 Å². The van der Waals surface area contributed by atoms with Crippen molar-refractivity contribution in [3.8, 4) is 5.88 Å². The van der Waals surface area contributed by atoms with E-state index in [1.165, 1.54) is 0 Å². The van der Waals surface area contributed by atoms with Crippen molar-refractivity contribution in [1.29, 1.82) is 0 Å². The van der Waals surface area contributed by atoms with Crippen LogP contribution in [0.2, 0.25) is 0 Å². The quantitative estimate of drug-likeness (QED) is 0.202. The Morgan fingerprint density at radius 2 is 1.90 bits per heavy atom. The third-order valence-electron chi connectivity index (χ3n) is 8.44. The number of allylic oxidation sites excluding steroid dienone is 2. The van der Waals surface area contributed by atoms with Gasteiger partial charge in [0.15, 0.2) is 11.5 Å². The predicted molar refractivity (Wildman–Crippen MR) is 161 cm³/mol. The van der Waals surface area contributed by atoms with Crippen LogP contribution in [0.3, 0.4) is 0 Å². The topological polar surface area (TPSA) is 114 Å². The summed E-state index contributed by atoms with van der Waals surface area (Å²) in [5.74, 6) is -0.663. The molecule has 3 N–H and O–H groups in total. The molecule has 9 heteroatoms. The number of hydroxylamine groups is 1. The molecule has 1 aliphatic heterocycles. The molecule has 0 spiro atoms. The molecule has 9 nitrogen and oxygen atoms in total. The summed E-state index contributed by atoms with van der Waals surface area (Å²) in [6, 6.07) is 11.2. The van der Waals surface area contributed by atoms with E-state index in [0.29, 0.717) is 29.7 Å². The number of anilines is 1. The van der Waals surface area contributed by atoms with Gasteiger partial charge in [-0.3, -0.25) is 0 Å². The second-order valence-corrected chi connectivity index (χ2v) is 11.9. The molecule has 2 fully saturated rings. The first kappa shape index (κ1) is 30.2. The van der Waals surface area contributed by atoms with E-state index >= 15 is 0 Å². The van der Waals surface area contributed by atoms with E-state index in [9.17, 15) is 4.79 Å². The Morgan fingerprint density at radius 3 is 2.55 bits per heavy atom. The number of benzene rings is 1. The predicted octanol–water partition coefficient (Wildman–Crippen LogP) is 5.93. The van der Waals surface area contributed by atoms with Crippen molar-refractivity contribution in [3.63, 3.8) is 0 Å². The molecule has 0 bridgehead atoms. The molecule has 2 aromatic rings. The zero-order valence-electron chi connectivity index (χ0n) is 25.3. The lowest BCUT2D eigenvalue weighted by Crippen LogP contribution is -2.56. The number of carbonyl (C=O) groups is 1. The number of nitrogen functional groups attached to an aromatic ring is 1. The Bertz CT molecular complexity index is 1330. The molecule has 1 aromatic carbocycles. The number of carbonyl (C=O) groups excluding carboxylic acids is 1. The SMILES string of the molecule is CC[C@@H]1C=C(c2ccc(N)cc2)C=C(C)C1(NOC(=O)c1cc(OC)nc(C2CCCC2)c1)OCC1COC(C)(C)O1. The number of hydrogen-bond acceptors (Lipinski definition) is 9. The number of nitrogens with one attached hydrogen (secondary N) is 1. The van der Waals surface area contributed by atoms with Crippen LogP contribution >= 0.6 is 0 Å². The second-order valence-electron chi connectivity index (χ2n) is 11.9. The summed E-state index contributed by atoms with van der Waals surface area (Å²) in [5.41, 5.74) is 12.8. The highest BCUT2D eigenvalue weighted by Gasteiger charge is 2.45. The van der Waals surface area contributed by atoms with Gasteiger partial charge in [0.2, 0.25) is 5.88 Å². The van der Waals surface area contributed by atoms with Crippen LogP contribution in [-0.2, 0) is 19.0 Å². The number of methoxy groups -OCH3 is 1. The Labute approximate surface area is 248 Å². The van der Waals surface area contributed by atoms with Gasteiger partial charge in [0, 0.05) is 29.3 Å². The van der Waals surface area contributed by atoms with Gasteiger partial charge >= 0.3 is 5.97 Å². The zero-order valence-corrected chi connectivity index (χ0v) is 25.3. The number of ether oxygens (including phenoxy) is 4. The summed E-state index contributed by atoms with van der Waals surface area (Å²) in [6.45, 7) is 8.49. The molecule has 226 valence electrons. The van der Waals surface area contributed by atoms with E-state index in [2.05, 4.69) is 29.5 Å². The summed E-state index contributed by atoms with van der Waals surface area (Å²) in [4.78, 5) is 24.0. The van der Waals surface area contributed by atoms with E-state index in [0.717, 1.165) is 54.5 Å². The zero-order chi connectivity index (χ0) is 29.9. The average molecular weight is 578 g/mol. The van der Waals surface area contributed by atoms with E-state index in [1.54, 1.807) is 13.2 Å². The van der Waals surface area contributed by atoms with Crippen molar-refractivity contribution < 1.29 is 28.6 Å². The van der Waals surface area contributed by atoms with Crippen molar-refractivity contribution in [2.75, 3.05) is 26.1 Å². The maximum absolute atomic E-state index is 13.5. The summed E-state index contributed by atoms with van der Waals surface area (Å²) < 4.78 is 23.9. The lowest BCUT2D eigenvalue weighted by Gasteiger charge is -2.42. The van der Waals surface area contributed by atoms with Gasteiger partial charge in [-0.15, -0.1) is 5.48 Å². The van der Waals surface area contributed by atoms with Gasteiger partial charge in [-0.05, 0) is 74.9 Å². The minimum Gasteiger partial charge on any atom is -0.481 e. The molecule has 1 saturated heterocycles. The number of aromatic nitrogens is 1. The van der Waals surface area contributed by atoms with Gasteiger partial charge in [0.1, 0.15) is 6.10 Å². The Morgan fingerprint density at radius 1 is 1.17 bits per heavy atom. The van der Waals surface area contributed by atoms with Crippen LogP contribution in [0.4, 0.5) is 5.69 Å². The van der Waals surface area contributed by atoms with Crippen molar-refractivity contribution in [2.45, 2.75) is 83.3 Å². The fourth-order valence-corrected chi connectivity index (χ4v) is 6.11. The third kappa shape index (κ3) is 6.54. The second kappa shape index (κ2) is 12.6. The molecular weight excluding hydrogens is 534 g/mol. The number of hydrogen-bond donors (Lipinski definition) is 2. The fraction of sp³-hybridized carbons (Fsp3) is 0.515. The fourth-order valence-electron chi connectivity index (χ4n) is 6.11. The average Bonchev–Trinajstić information content (AvgIpc) is 3.65. The van der Waals surface area contributed by atoms with E-state index in [-0.39, 0.29) is 18.6 Å². The van der Waals surface area contributed by atoms with E-state index < -0.39 is 17.5 Å². The summed E-state index contributed by atoms with van der Waals surface area (Å²) in [5, 5.41) is 0. The van der Waals surface area contributed by atoms with E-state index in [4.69, 9.17) is 29.5 Å². The van der Waals surface area contributed by atoms with Crippen molar-refractivity contribution >= 4 is 17.2 Å². The van der Waals surface area contributed by atoms with Crippen LogP contribution in [0, 0.1) is 5.92 Å². The normalized spacial score (nSPS) is 25.6. The Kier molecular flexibility index (Phi) is 9.03. The highest BCUT2D eigenvalue weighted by molar-refractivity contribution is 5.89. The minimum absolute atomic E-state index is 0.167. The van der Waals surface area contributed by atoms with Gasteiger partial charge in [-0.25, -0.2) is 9.78 Å². The number of nitrogens with zero attached hydrogens (tertiary/aromatic N) is 1. The highest BCUT2D eigenvalue weighted by Crippen LogP contribution is 2.40. The molecule has 3 atom stereocenters. The number of rotatable bonds is 10. The largest absolute Gasteiger partial charge is 0.481 e. The lowest BCUT2D eigenvalue weighted by molar-refractivity contribution is -0.178. The van der Waals surface area contributed by atoms with Crippen molar-refractivity contribution in [3.05, 3.63) is 70.9 Å². The van der Waals surface area contributed by atoms with Crippen LogP contribution in [-0.4, -0.2) is 48.9 Å². The molecule has 0 radical (unpaired) electrons. The Balaban J connectivity index is 1.41. The molecule has 3 aliphatic rings. The lowest BCUT2D eigenvalue weighted by atomic mass is 9.79. The molecule has 2 unspecified atom stereocenters. The minimum atomic E-state index is -1.12. The van der Waals surface area contributed by atoms with Gasteiger partial charge in [0.25, 0.3) is 0 Å². The van der Waals surface area contributed by atoms with Crippen LogP contribution in [0.5, 0.6) is 5.88 Å². The van der Waals surface area contributed by atoms with Crippen LogP contribution in [0.15, 0.2) is 54.1 Å². The van der Waals surface area contributed by atoms with Crippen molar-refractivity contribution in [2.24, 2.45) is 5.92 Å². The van der Waals surface area contributed by atoms with Crippen LogP contribution in [0.1, 0.15) is 87.3 Å². The smallest absolute Gasteiger partial charge is 0.357 e. The Hall–Kier alpha value is -3.24. The van der Waals surface area contributed by atoms with Crippen molar-refractivity contribution in [1.82, 2.24) is 10.5 Å².